The standard InChI is InChI=1S/C15H22N2O3/c1-11(18)6-7-16-12(2)13-4-3-5-14(10-13)17-8-9-20-15(17)19/h3-5,10-12,16,18H,6-9H2,1-2H3. The summed E-state index contributed by atoms with van der Waals surface area (Å²) in [4.78, 5) is 13.2. The summed E-state index contributed by atoms with van der Waals surface area (Å²) in [5.74, 6) is 0. The molecule has 0 radical (unpaired) electrons. The molecule has 0 saturated carbocycles. The van der Waals surface area contributed by atoms with Crippen LogP contribution in [0.15, 0.2) is 24.3 Å². The van der Waals surface area contributed by atoms with Gasteiger partial charge in [-0.1, -0.05) is 12.1 Å². The molecular weight excluding hydrogens is 256 g/mol. The van der Waals surface area contributed by atoms with Crippen molar-refractivity contribution in [2.75, 3.05) is 24.6 Å². The molecule has 2 rings (SSSR count). The molecule has 5 nitrogen and oxygen atoms in total. The number of hydrogen-bond donors (Lipinski definition) is 2. The number of aliphatic hydroxyl groups excluding tert-OH is 1. The second kappa shape index (κ2) is 6.72. The summed E-state index contributed by atoms with van der Waals surface area (Å²) >= 11 is 0. The number of amides is 1. The molecule has 2 atom stereocenters. The lowest BCUT2D eigenvalue weighted by Gasteiger charge is -2.18. The maximum absolute atomic E-state index is 11.6. The average molecular weight is 278 g/mol. The fourth-order valence-electron chi connectivity index (χ4n) is 2.22. The zero-order chi connectivity index (χ0) is 14.5. The van der Waals surface area contributed by atoms with Gasteiger partial charge in [0.15, 0.2) is 0 Å². The zero-order valence-corrected chi connectivity index (χ0v) is 12.0. The average Bonchev–Trinajstić information content (AvgIpc) is 2.84. The van der Waals surface area contributed by atoms with E-state index in [0.717, 1.165) is 24.2 Å². The normalized spacial score (nSPS) is 17.9. The van der Waals surface area contributed by atoms with Crippen LogP contribution in [0.3, 0.4) is 0 Å². The van der Waals surface area contributed by atoms with Crippen LogP contribution in [-0.4, -0.2) is 37.0 Å². The monoisotopic (exact) mass is 278 g/mol. The van der Waals surface area contributed by atoms with Crippen LogP contribution < -0.4 is 10.2 Å². The fourth-order valence-corrected chi connectivity index (χ4v) is 2.22. The minimum absolute atomic E-state index is 0.173. The summed E-state index contributed by atoms with van der Waals surface area (Å²) in [7, 11) is 0. The summed E-state index contributed by atoms with van der Waals surface area (Å²) in [6.07, 6.45) is 0.153. The summed E-state index contributed by atoms with van der Waals surface area (Å²) in [5.41, 5.74) is 1.99. The number of anilines is 1. The van der Waals surface area contributed by atoms with Gasteiger partial charge in [0.25, 0.3) is 0 Å². The van der Waals surface area contributed by atoms with E-state index in [2.05, 4.69) is 12.2 Å². The molecule has 0 spiro atoms. The molecule has 0 bridgehead atoms. The van der Waals surface area contributed by atoms with Crippen LogP contribution >= 0.6 is 0 Å². The first-order chi connectivity index (χ1) is 9.58. The predicted molar refractivity (Wildman–Crippen MR) is 77.9 cm³/mol. The molecule has 5 heteroatoms. The maximum atomic E-state index is 11.6. The van der Waals surface area contributed by atoms with Crippen LogP contribution in [0.2, 0.25) is 0 Å². The molecule has 1 aliphatic heterocycles. The van der Waals surface area contributed by atoms with Crippen molar-refractivity contribution in [1.29, 1.82) is 0 Å². The Morgan fingerprint density at radius 1 is 1.45 bits per heavy atom. The Bertz CT molecular complexity index is 462. The van der Waals surface area contributed by atoms with Crippen molar-refractivity contribution in [2.45, 2.75) is 32.4 Å². The smallest absolute Gasteiger partial charge is 0.414 e. The molecule has 110 valence electrons. The summed E-state index contributed by atoms with van der Waals surface area (Å²) in [6, 6.07) is 8.08. The third-order valence-corrected chi connectivity index (χ3v) is 3.46. The molecule has 1 heterocycles. The van der Waals surface area contributed by atoms with Gasteiger partial charge in [-0.3, -0.25) is 4.90 Å². The van der Waals surface area contributed by atoms with Crippen molar-refractivity contribution in [3.8, 4) is 0 Å². The second-order valence-electron chi connectivity index (χ2n) is 5.17. The van der Waals surface area contributed by atoms with Crippen LogP contribution in [0.5, 0.6) is 0 Å². The number of cyclic esters (lactones) is 1. The highest BCUT2D eigenvalue weighted by Crippen LogP contribution is 2.23. The SMILES string of the molecule is CC(O)CCNC(C)c1cccc(N2CCOC2=O)c1. The Morgan fingerprint density at radius 3 is 2.90 bits per heavy atom. The number of benzene rings is 1. The molecule has 1 aromatic carbocycles. The van der Waals surface area contributed by atoms with Crippen molar-refractivity contribution in [3.05, 3.63) is 29.8 Å². The van der Waals surface area contributed by atoms with Gasteiger partial charge in [-0.05, 0) is 44.5 Å². The Balaban J connectivity index is 2.00. The first-order valence-electron chi connectivity index (χ1n) is 7.03. The third-order valence-electron chi connectivity index (χ3n) is 3.46. The van der Waals surface area contributed by atoms with Crippen LogP contribution in [-0.2, 0) is 4.74 Å². The Kier molecular flexibility index (Phi) is 4.98. The van der Waals surface area contributed by atoms with E-state index in [1.165, 1.54) is 0 Å². The summed E-state index contributed by atoms with van der Waals surface area (Å²) < 4.78 is 4.96. The number of rotatable bonds is 6. The van der Waals surface area contributed by atoms with Crippen LogP contribution in [0.25, 0.3) is 0 Å². The van der Waals surface area contributed by atoms with Crippen molar-refractivity contribution >= 4 is 11.8 Å². The van der Waals surface area contributed by atoms with Gasteiger partial charge >= 0.3 is 6.09 Å². The molecule has 1 amide bonds. The van der Waals surface area contributed by atoms with Gasteiger partial charge in [0.1, 0.15) is 6.61 Å². The van der Waals surface area contributed by atoms with Gasteiger partial charge in [-0.25, -0.2) is 4.79 Å². The summed E-state index contributed by atoms with van der Waals surface area (Å²) in [6.45, 7) is 5.67. The largest absolute Gasteiger partial charge is 0.447 e. The number of aliphatic hydroxyl groups is 1. The number of nitrogens with zero attached hydrogens (tertiary/aromatic N) is 1. The summed E-state index contributed by atoms with van der Waals surface area (Å²) in [5, 5.41) is 12.6. The van der Waals surface area contributed by atoms with Gasteiger partial charge in [-0.15, -0.1) is 0 Å². The predicted octanol–water partition coefficient (Wildman–Crippen LogP) is 2.06. The highest BCUT2D eigenvalue weighted by Gasteiger charge is 2.23. The molecule has 1 aromatic rings. The molecular formula is C15H22N2O3. The van der Waals surface area contributed by atoms with Crippen molar-refractivity contribution < 1.29 is 14.6 Å². The zero-order valence-electron chi connectivity index (χ0n) is 12.0. The topological polar surface area (TPSA) is 61.8 Å². The minimum atomic E-state index is -0.291. The Morgan fingerprint density at radius 2 is 2.25 bits per heavy atom. The van der Waals surface area contributed by atoms with Gasteiger partial charge in [0, 0.05) is 11.7 Å². The van der Waals surface area contributed by atoms with Crippen LogP contribution in [0.4, 0.5) is 10.5 Å². The molecule has 1 fully saturated rings. The van der Waals surface area contributed by atoms with E-state index in [1.807, 2.05) is 24.3 Å². The van der Waals surface area contributed by atoms with Crippen LogP contribution in [0, 0.1) is 0 Å². The van der Waals surface area contributed by atoms with Gasteiger partial charge in [0.05, 0.1) is 12.6 Å². The number of carbonyl (C=O) groups excluding carboxylic acids is 1. The lowest BCUT2D eigenvalue weighted by Crippen LogP contribution is -2.25. The highest BCUT2D eigenvalue weighted by atomic mass is 16.6. The van der Waals surface area contributed by atoms with Gasteiger partial charge in [0.2, 0.25) is 0 Å². The number of nitrogens with one attached hydrogen (secondary N) is 1. The lowest BCUT2D eigenvalue weighted by atomic mass is 10.1. The molecule has 0 aromatic heterocycles. The van der Waals surface area contributed by atoms with E-state index < -0.39 is 0 Å². The van der Waals surface area contributed by atoms with E-state index in [4.69, 9.17) is 4.74 Å². The van der Waals surface area contributed by atoms with Crippen LogP contribution in [0.1, 0.15) is 31.9 Å². The maximum Gasteiger partial charge on any atom is 0.414 e. The second-order valence-corrected chi connectivity index (χ2v) is 5.17. The molecule has 0 aliphatic carbocycles. The molecule has 2 unspecified atom stereocenters. The minimum Gasteiger partial charge on any atom is -0.447 e. The first-order valence-corrected chi connectivity index (χ1v) is 7.03. The van der Waals surface area contributed by atoms with Gasteiger partial charge < -0.3 is 15.2 Å². The highest BCUT2D eigenvalue weighted by molar-refractivity contribution is 5.89. The Hall–Kier alpha value is -1.59. The molecule has 1 saturated heterocycles. The van der Waals surface area contributed by atoms with E-state index in [1.54, 1.807) is 11.8 Å². The van der Waals surface area contributed by atoms with E-state index in [-0.39, 0.29) is 18.2 Å². The fraction of sp³-hybridized carbons (Fsp3) is 0.533. The lowest BCUT2D eigenvalue weighted by molar-refractivity contribution is 0.180. The third kappa shape index (κ3) is 3.71. The molecule has 1 aliphatic rings. The quantitative estimate of drug-likeness (QED) is 0.836. The number of ether oxygens (including phenoxy) is 1. The van der Waals surface area contributed by atoms with Crippen molar-refractivity contribution in [3.63, 3.8) is 0 Å². The Labute approximate surface area is 119 Å². The number of carbonyl (C=O) groups is 1. The van der Waals surface area contributed by atoms with E-state index in [0.29, 0.717) is 13.2 Å². The van der Waals surface area contributed by atoms with Gasteiger partial charge in [-0.2, -0.15) is 0 Å². The number of hydrogen-bond acceptors (Lipinski definition) is 4. The first kappa shape index (κ1) is 14.8. The van der Waals surface area contributed by atoms with E-state index >= 15 is 0 Å². The molecule has 2 N–H and O–H groups in total. The van der Waals surface area contributed by atoms with Crippen molar-refractivity contribution in [2.24, 2.45) is 0 Å². The van der Waals surface area contributed by atoms with Crippen molar-refractivity contribution in [1.82, 2.24) is 5.32 Å². The van der Waals surface area contributed by atoms with E-state index in [9.17, 15) is 9.90 Å². The molecule has 20 heavy (non-hydrogen) atoms.